The molecule has 0 aromatic heterocycles. The number of likely N-dealkylation sites (tertiary alicyclic amines) is 2. The van der Waals surface area contributed by atoms with Gasteiger partial charge in [-0.25, -0.2) is 0 Å². The molecule has 10 nitrogen and oxygen atoms in total. The first-order valence-corrected chi connectivity index (χ1v) is 10.7. The third kappa shape index (κ3) is 5.77. The van der Waals surface area contributed by atoms with Gasteiger partial charge in [0.15, 0.2) is 0 Å². The van der Waals surface area contributed by atoms with Crippen LogP contribution in [0.4, 0.5) is 0 Å². The molecule has 169 valence electrons. The van der Waals surface area contributed by atoms with E-state index in [1.54, 1.807) is 0 Å². The zero-order valence-electron chi connectivity index (χ0n) is 17.6. The number of aliphatic hydroxyl groups is 1. The van der Waals surface area contributed by atoms with Gasteiger partial charge in [0.05, 0.1) is 12.1 Å². The first-order chi connectivity index (χ1) is 14.3. The molecule has 6 N–H and O–H groups in total. The molecule has 0 bridgehead atoms. The van der Waals surface area contributed by atoms with Crippen molar-refractivity contribution in [1.82, 2.24) is 15.1 Å². The second-order valence-corrected chi connectivity index (χ2v) is 8.11. The summed E-state index contributed by atoms with van der Waals surface area (Å²) in [6.45, 7) is 2.76. The summed E-state index contributed by atoms with van der Waals surface area (Å²) in [6.07, 6.45) is 5.04. The van der Waals surface area contributed by atoms with E-state index >= 15 is 0 Å². The van der Waals surface area contributed by atoms with Gasteiger partial charge in [0.25, 0.3) is 0 Å². The highest BCUT2D eigenvalue weighted by Gasteiger charge is 2.42. The summed E-state index contributed by atoms with van der Waals surface area (Å²) < 4.78 is 0. The smallest absolute Gasteiger partial charge is 0.246 e. The summed E-state index contributed by atoms with van der Waals surface area (Å²) in [7, 11) is 0. The molecule has 0 saturated carbocycles. The first kappa shape index (κ1) is 24.2. The van der Waals surface area contributed by atoms with Crippen LogP contribution in [0.3, 0.4) is 0 Å². The minimum atomic E-state index is -1.15. The van der Waals surface area contributed by atoms with Gasteiger partial charge >= 0.3 is 0 Å². The van der Waals surface area contributed by atoms with Gasteiger partial charge in [-0.2, -0.15) is 0 Å². The van der Waals surface area contributed by atoms with Crippen molar-refractivity contribution in [3.63, 3.8) is 0 Å². The van der Waals surface area contributed by atoms with Crippen LogP contribution in [-0.4, -0.2) is 88.8 Å². The molecule has 3 amide bonds. The lowest BCUT2D eigenvalue weighted by atomic mass is 10.1. The molecular formula is C20H34N5O5. The van der Waals surface area contributed by atoms with Crippen LogP contribution in [-0.2, 0) is 19.2 Å². The van der Waals surface area contributed by atoms with Crippen LogP contribution in [0, 0.1) is 0 Å². The normalized spacial score (nSPS) is 24.4. The average Bonchev–Trinajstić information content (AvgIpc) is 3.40. The van der Waals surface area contributed by atoms with Gasteiger partial charge in [-0.15, -0.1) is 0 Å². The Kier molecular flexibility index (Phi) is 9.19. The SMILES string of the molecule is CC(O)[C@H](N)C(=O)N[C@@H](CCCCN)C(=O)N1CCC[C@H]1C(=O)N1CCC[C@H]1[C]=O. The highest BCUT2D eigenvalue weighted by atomic mass is 16.3. The standard InChI is InChI=1S/C20H34N5O5/c1-13(27)17(22)18(28)23-15(7-2-3-9-21)19(29)25-11-5-8-16(25)20(30)24-10-4-6-14(24)12-26/h13-17,27H,2-11,21-22H2,1H3,(H,23,28)/t13?,14-,15-,16-,17-/m0/s1. The molecule has 2 rings (SSSR count). The fourth-order valence-corrected chi connectivity index (χ4v) is 4.07. The molecule has 2 heterocycles. The van der Waals surface area contributed by atoms with Crippen LogP contribution in [0.25, 0.3) is 0 Å². The Balaban J connectivity index is 2.12. The average molecular weight is 425 g/mol. The Hall–Kier alpha value is -2.04. The van der Waals surface area contributed by atoms with E-state index in [1.165, 1.54) is 16.7 Å². The van der Waals surface area contributed by atoms with E-state index in [0.717, 1.165) is 6.42 Å². The predicted octanol–water partition coefficient (Wildman–Crippen LogP) is -1.60. The molecule has 0 spiro atoms. The lowest BCUT2D eigenvalue weighted by molar-refractivity contribution is -0.145. The molecule has 0 aliphatic carbocycles. The maximum absolute atomic E-state index is 13.3. The third-order valence-corrected chi connectivity index (χ3v) is 5.88. The highest BCUT2D eigenvalue weighted by Crippen LogP contribution is 2.25. The van der Waals surface area contributed by atoms with Crippen molar-refractivity contribution in [2.75, 3.05) is 19.6 Å². The number of rotatable bonds is 10. The Bertz CT molecular complexity index is 629. The fourth-order valence-electron chi connectivity index (χ4n) is 4.07. The number of amides is 3. The largest absolute Gasteiger partial charge is 0.391 e. The van der Waals surface area contributed by atoms with E-state index in [4.69, 9.17) is 11.5 Å². The van der Waals surface area contributed by atoms with Crippen LogP contribution >= 0.6 is 0 Å². The van der Waals surface area contributed by atoms with Crippen LogP contribution in [0.1, 0.15) is 51.9 Å². The van der Waals surface area contributed by atoms with Crippen molar-refractivity contribution >= 4 is 24.0 Å². The molecular weight excluding hydrogens is 390 g/mol. The fraction of sp³-hybridized carbons (Fsp3) is 0.800. The van der Waals surface area contributed by atoms with E-state index in [9.17, 15) is 24.3 Å². The third-order valence-electron chi connectivity index (χ3n) is 5.88. The van der Waals surface area contributed by atoms with Crippen molar-refractivity contribution in [3.05, 3.63) is 0 Å². The van der Waals surface area contributed by atoms with Gasteiger partial charge in [0.2, 0.25) is 24.0 Å². The van der Waals surface area contributed by atoms with E-state index in [0.29, 0.717) is 58.2 Å². The number of aliphatic hydroxyl groups excluding tert-OH is 1. The van der Waals surface area contributed by atoms with Gasteiger partial charge in [0, 0.05) is 13.1 Å². The van der Waals surface area contributed by atoms with E-state index in [-0.39, 0.29) is 11.8 Å². The lowest BCUT2D eigenvalue weighted by Crippen LogP contribution is -2.57. The van der Waals surface area contributed by atoms with Gasteiger partial charge in [-0.3, -0.25) is 19.2 Å². The first-order valence-electron chi connectivity index (χ1n) is 10.7. The number of hydrogen-bond donors (Lipinski definition) is 4. The van der Waals surface area contributed by atoms with Crippen molar-refractivity contribution in [1.29, 1.82) is 0 Å². The Morgan fingerprint density at radius 2 is 1.83 bits per heavy atom. The molecule has 0 aromatic rings. The summed E-state index contributed by atoms with van der Waals surface area (Å²) in [6, 6.07) is -3.21. The predicted molar refractivity (Wildman–Crippen MR) is 110 cm³/mol. The van der Waals surface area contributed by atoms with Crippen molar-refractivity contribution < 1.29 is 24.3 Å². The van der Waals surface area contributed by atoms with Gasteiger partial charge in [0.1, 0.15) is 18.1 Å². The number of nitrogens with two attached hydrogens (primary N) is 2. The molecule has 0 aromatic carbocycles. The second kappa shape index (κ2) is 11.4. The number of nitrogens with zero attached hydrogens (tertiary/aromatic N) is 2. The van der Waals surface area contributed by atoms with E-state index in [2.05, 4.69) is 5.32 Å². The lowest BCUT2D eigenvalue weighted by Gasteiger charge is -2.32. The minimum Gasteiger partial charge on any atom is -0.391 e. The molecule has 1 unspecified atom stereocenters. The Morgan fingerprint density at radius 1 is 1.17 bits per heavy atom. The van der Waals surface area contributed by atoms with Crippen LogP contribution < -0.4 is 16.8 Å². The summed E-state index contributed by atoms with van der Waals surface area (Å²) in [4.78, 5) is 52.8. The number of carbonyl (C=O) groups is 3. The van der Waals surface area contributed by atoms with E-state index in [1.807, 2.05) is 6.29 Å². The van der Waals surface area contributed by atoms with Crippen LogP contribution in [0.5, 0.6) is 0 Å². The number of hydrogen-bond acceptors (Lipinski definition) is 7. The van der Waals surface area contributed by atoms with Gasteiger partial charge in [-0.1, -0.05) is 0 Å². The van der Waals surface area contributed by atoms with Crippen LogP contribution in [0.15, 0.2) is 0 Å². The molecule has 2 aliphatic heterocycles. The van der Waals surface area contributed by atoms with Gasteiger partial charge in [-0.05, 0) is 58.4 Å². The van der Waals surface area contributed by atoms with Crippen molar-refractivity contribution in [2.45, 2.75) is 82.1 Å². The molecule has 10 heteroatoms. The molecule has 5 atom stereocenters. The van der Waals surface area contributed by atoms with Gasteiger partial charge < -0.3 is 31.7 Å². The zero-order chi connectivity index (χ0) is 22.3. The zero-order valence-corrected chi connectivity index (χ0v) is 17.6. The van der Waals surface area contributed by atoms with Crippen molar-refractivity contribution in [2.24, 2.45) is 11.5 Å². The molecule has 30 heavy (non-hydrogen) atoms. The highest BCUT2D eigenvalue weighted by molar-refractivity contribution is 5.94. The maximum atomic E-state index is 13.3. The van der Waals surface area contributed by atoms with E-state index < -0.39 is 36.2 Å². The molecule has 1 radical (unpaired) electrons. The molecule has 2 saturated heterocycles. The summed E-state index contributed by atoms with van der Waals surface area (Å²) in [5.41, 5.74) is 11.2. The minimum absolute atomic E-state index is 0.237. The number of unbranched alkanes of at least 4 members (excludes halogenated alkanes) is 1. The summed E-state index contributed by atoms with van der Waals surface area (Å²) in [5, 5.41) is 12.2. The Morgan fingerprint density at radius 3 is 2.47 bits per heavy atom. The van der Waals surface area contributed by atoms with Crippen LogP contribution in [0.2, 0.25) is 0 Å². The summed E-state index contributed by atoms with van der Waals surface area (Å²) >= 11 is 0. The Labute approximate surface area is 177 Å². The molecule has 2 fully saturated rings. The number of carbonyl (C=O) groups excluding carboxylic acids is 4. The maximum Gasteiger partial charge on any atom is 0.246 e. The summed E-state index contributed by atoms with van der Waals surface area (Å²) in [5.74, 6) is -1.20. The monoisotopic (exact) mass is 424 g/mol. The second-order valence-electron chi connectivity index (χ2n) is 8.11. The van der Waals surface area contributed by atoms with Crippen molar-refractivity contribution in [3.8, 4) is 0 Å². The number of nitrogens with one attached hydrogen (secondary N) is 1. The topological polar surface area (TPSA) is 159 Å². The quantitative estimate of drug-likeness (QED) is 0.307. The molecule has 2 aliphatic rings.